The van der Waals surface area contributed by atoms with Crippen molar-refractivity contribution >= 4 is 60.7 Å². The number of sulfonamides is 1. The van der Waals surface area contributed by atoms with Crippen LogP contribution in [-0.2, 0) is 10.0 Å². The van der Waals surface area contributed by atoms with Crippen molar-refractivity contribution < 1.29 is 13.2 Å². The van der Waals surface area contributed by atoms with Gasteiger partial charge in [0.2, 0.25) is 10.0 Å². The molecule has 5 nitrogen and oxygen atoms in total. The molecule has 1 aliphatic rings. The van der Waals surface area contributed by atoms with E-state index in [0.717, 1.165) is 30.2 Å². The van der Waals surface area contributed by atoms with Crippen molar-refractivity contribution in [3.8, 4) is 0 Å². The van der Waals surface area contributed by atoms with E-state index < -0.39 is 15.9 Å². The Bertz CT molecular complexity index is 959. The number of amides is 1. The molecule has 0 atom stereocenters. The molecule has 0 heterocycles. The summed E-state index contributed by atoms with van der Waals surface area (Å²) in [5.41, 5.74) is 0.596. The summed E-state index contributed by atoms with van der Waals surface area (Å²) >= 11 is 15.6. The standard InChI is InChI=1S/C18H17BrCl2N2O3S/c19-11-5-7-12(8-6-11)22-18(24)14-9-17(16(21)10-15(14)20)27(25,26)23-13-3-1-2-4-13/h5-10,13,23H,1-4H2,(H,22,24). The SMILES string of the molecule is O=C(Nc1ccc(Br)cc1)c1cc(S(=O)(=O)NC2CCCC2)c(Cl)cc1Cl. The summed E-state index contributed by atoms with van der Waals surface area (Å²) in [4.78, 5) is 12.4. The fourth-order valence-electron chi connectivity index (χ4n) is 2.97. The van der Waals surface area contributed by atoms with Gasteiger partial charge in [-0.2, -0.15) is 0 Å². The number of hydrogen-bond donors (Lipinski definition) is 2. The van der Waals surface area contributed by atoms with Gasteiger partial charge in [0.25, 0.3) is 5.91 Å². The van der Waals surface area contributed by atoms with Crippen molar-refractivity contribution in [3.63, 3.8) is 0 Å². The highest BCUT2D eigenvalue weighted by Crippen LogP contribution is 2.30. The first-order valence-electron chi connectivity index (χ1n) is 8.34. The number of benzene rings is 2. The van der Waals surface area contributed by atoms with Crippen molar-refractivity contribution in [2.24, 2.45) is 0 Å². The van der Waals surface area contributed by atoms with Gasteiger partial charge in [0.05, 0.1) is 15.6 Å². The molecule has 0 unspecified atom stereocenters. The van der Waals surface area contributed by atoms with Gasteiger partial charge in [0.15, 0.2) is 0 Å². The predicted molar refractivity (Wildman–Crippen MR) is 111 cm³/mol. The number of anilines is 1. The number of halogens is 3. The first kappa shape index (κ1) is 20.6. The molecular formula is C18H17BrCl2N2O3S. The molecule has 0 aromatic heterocycles. The van der Waals surface area contributed by atoms with Crippen molar-refractivity contribution in [2.45, 2.75) is 36.6 Å². The molecular weight excluding hydrogens is 475 g/mol. The van der Waals surface area contributed by atoms with Gasteiger partial charge in [0, 0.05) is 16.2 Å². The summed E-state index contributed by atoms with van der Waals surface area (Å²) in [7, 11) is -3.85. The van der Waals surface area contributed by atoms with Crippen LogP contribution in [0.4, 0.5) is 5.69 Å². The molecule has 1 fully saturated rings. The Morgan fingerprint density at radius 3 is 2.30 bits per heavy atom. The van der Waals surface area contributed by atoms with Gasteiger partial charge >= 0.3 is 0 Å². The highest BCUT2D eigenvalue weighted by atomic mass is 79.9. The summed E-state index contributed by atoms with van der Waals surface area (Å²) in [5.74, 6) is -0.517. The van der Waals surface area contributed by atoms with Gasteiger partial charge < -0.3 is 5.32 Å². The minimum atomic E-state index is -3.85. The number of carbonyl (C=O) groups excluding carboxylic acids is 1. The van der Waals surface area contributed by atoms with E-state index in [4.69, 9.17) is 23.2 Å². The Morgan fingerprint density at radius 1 is 1.04 bits per heavy atom. The Kier molecular flexibility index (Phi) is 6.48. The van der Waals surface area contributed by atoms with Crippen LogP contribution >= 0.6 is 39.1 Å². The maximum atomic E-state index is 12.7. The summed E-state index contributed by atoms with van der Waals surface area (Å²) in [6, 6.07) is 9.37. The molecule has 2 aromatic carbocycles. The fraction of sp³-hybridized carbons (Fsp3) is 0.278. The molecule has 2 aromatic rings. The number of carbonyl (C=O) groups is 1. The predicted octanol–water partition coefficient (Wildman–Crippen LogP) is 5.23. The first-order valence-corrected chi connectivity index (χ1v) is 11.4. The quantitative estimate of drug-likeness (QED) is 0.601. The molecule has 0 bridgehead atoms. The summed E-state index contributed by atoms with van der Waals surface area (Å²) in [6.07, 6.45) is 3.56. The molecule has 0 saturated heterocycles. The van der Waals surface area contributed by atoms with Crippen molar-refractivity contribution in [1.82, 2.24) is 4.72 Å². The minimum Gasteiger partial charge on any atom is -0.322 e. The minimum absolute atomic E-state index is 0.0225. The second-order valence-corrected chi connectivity index (χ2v) is 9.74. The number of rotatable bonds is 5. The normalized spacial score (nSPS) is 15.1. The van der Waals surface area contributed by atoms with E-state index in [1.54, 1.807) is 24.3 Å². The van der Waals surface area contributed by atoms with Crippen molar-refractivity contribution in [3.05, 3.63) is 56.5 Å². The van der Waals surface area contributed by atoms with Gasteiger partial charge in [0.1, 0.15) is 4.90 Å². The molecule has 0 aliphatic heterocycles. The molecule has 0 spiro atoms. The van der Waals surface area contributed by atoms with E-state index in [1.807, 2.05) is 0 Å². The summed E-state index contributed by atoms with van der Waals surface area (Å²) in [6.45, 7) is 0. The third-order valence-electron chi connectivity index (χ3n) is 4.33. The zero-order valence-corrected chi connectivity index (χ0v) is 18.1. The van der Waals surface area contributed by atoms with E-state index in [1.165, 1.54) is 12.1 Å². The Labute approximate surface area is 176 Å². The van der Waals surface area contributed by atoms with E-state index in [0.29, 0.717) is 5.69 Å². The third-order valence-corrected chi connectivity index (χ3v) is 7.16. The van der Waals surface area contributed by atoms with Crippen molar-refractivity contribution in [2.75, 3.05) is 5.32 Å². The zero-order valence-electron chi connectivity index (χ0n) is 14.1. The molecule has 3 rings (SSSR count). The monoisotopic (exact) mass is 490 g/mol. The zero-order chi connectivity index (χ0) is 19.6. The Morgan fingerprint density at radius 2 is 1.67 bits per heavy atom. The molecule has 9 heteroatoms. The average Bonchev–Trinajstić information content (AvgIpc) is 3.08. The molecule has 0 radical (unpaired) electrons. The van der Waals surface area contributed by atoms with Gasteiger partial charge in [-0.05, 0) is 49.2 Å². The highest BCUT2D eigenvalue weighted by Gasteiger charge is 2.27. The maximum Gasteiger partial charge on any atom is 0.257 e. The Balaban J connectivity index is 1.88. The third kappa shape index (κ3) is 5.03. The van der Waals surface area contributed by atoms with Crippen LogP contribution in [0.3, 0.4) is 0 Å². The Hall–Kier alpha value is -1.12. The molecule has 1 amide bonds. The number of hydrogen-bond acceptors (Lipinski definition) is 3. The van der Waals surface area contributed by atoms with Crippen LogP contribution in [0.5, 0.6) is 0 Å². The van der Waals surface area contributed by atoms with Gasteiger partial charge in [-0.3, -0.25) is 4.79 Å². The molecule has 27 heavy (non-hydrogen) atoms. The molecule has 1 saturated carbocycles. The van der Waals surface area contributed by atoms with Crippen LogP contribution in [0.1, 0.15) is 36.0 Å². The van der Waals surface area contributed by atoms with Gasteiger partial charge in [-0.25, -0.2) is 13.1 Å². The maximum absolute atomic E-state index is 12.7. The summed E-state index contributed by atoms with van der Waals surface area (Å²) < 4.78 is 29.0. The largest absolute Gasteiger partial charge is 0.322 e. The first-order chi connectivity index (χ1) is 12.8. The van der Waals surface area contributed by atoms with E-state index >= 15 is 0 Å². The van der Waals surface area contributed by atoms with Crippen LogP contribution < -0.4 is 10.0 Å². The average molecular weight is 492 g/mol. The van der Waals surface area contributed by atoms with Crippen LogP contribution in [0.25, 0.3) is 0 Å². The second kappa shape index (κ2) is 8.49. The van der Waals surface area contributed by atoms with Crippen molar-refractivity contribution in [1.29, 1.82) is 0 Å². The smallest absolute Gasteiger partial charge is 0.257 e. The lowest BCUT2D eigenvalue weighted by atomic mass is 10.2. The lowest BCUT2D eigenvalue weighted by Gasteiger charge is -2.15. The molecule has 1 aliphatic carbocycles. The van der Waals surface area contributed by atoms with Crippen LogP contribution in [0.2, 0.25) is 10.0 Å². The number of nitrogens with one attached hydrogen (secondary N) is 2. The summed E-state index contributed by atoms with van der Waals surface area (Å²) in [5, 5.41) is 2.75. The van der Waals surface area contributed by atoms with E-state index in [9.17, 15) is 13.2 Å². The fourth-order valence-corrected chi connectivity index (χ4v) is 5.40. The molecule has 2 N–H and O–H groups in total. The topological polar surface area (TPSA) is 75.3 Å². The second-order valence-electron chi connectivity index (χ2n) is 6.33. The molecule has 144 valence electrons. The van der Waals surface area contributed by atoms with Gasteiger partial charge in [-0.1, -0.05) is 52.0 Å². The van der Waals surface area contributed by atoms with Crippen LogP contribution in [0, 0.1) is 0 Å². The van der Waals surface area contributed by atoms with Gasteiger partial charge in [-0.15, -0.1) is 0 Å². The highest BCUT2D eigenvalue weighted by molar-refractivity contribution is 9.10. The van der Waals surface area contributed by atoms with Crippen LogP contribution in [0.15, 0.2) is 45.8 Å². The lowest BCUT2D eigenvalue weighted by molar-refractivity contribution is 0.102. The van der Waals surface area contributed by atoms with E-state index in [2.05, 4.69) is 26.0 Å². The lowest BCUT2D eigenvalue weighted by Crippen LogP contribution is -2.33. The van der Waals surface area contributed by atoms with E-state index in [-0.39, 0.29) is 26.5 Å². The van der Waals surface area contributed by atoms with Crippen LogP contribution in [-0.4, -0.2) is 20.4 Å².